The van der Waals surface area contributed by atoms with Crippen LogP contribution < -0.4 is 15.7 Å². The van der Waals surface area contributed by atoms with Gasteiger partial charge in [-0.1, -0.05) is 47.6 Å². The Kier molecular flexibility index (Phi) is 4.19. The van der Waals surface area contributed by atoms with Crippen molar-refractivity contribution in [1.29, 1.82) is 0 Å². The fourth-order valence-corrected chi connectivity index (χ4v) is 3.71. The van der Waals surface area contributed by atoms with E-state index in [0.717, 1.165) is 11.1 Å². The largest absolute Gasteiger partial charge is 0.422 e. The summed E-state index contributed by atoms with van der Waals surface area (Å²) >= 11 is 0. The highest BCUT2D eigenvalue weighted by atomic mass is 16.6. The molecule has 1 aliphatic heterocycles. The molecular weight excluding hydrogens is 382 g/mol. The number of aromatic amines is 2. The van der Waals surface area contributed by atoms with Crippen LogP contribution in [0.25, 0.3) is 11.0 Å². The van der Waals surface area contributed by atoms with Gasteiger partial charge in [-0.25, -0.2) is 9.59 Å². The number of carbonyl (C=O) groups excluding carboxylic acids is 1. The fourth-order valence-electron chi connectivity index (χ4n) is 3.71. The summed E-state index contributed by atoms with van der Waals surface area (Å²) in [5.41, 5.74) is 1.09. The van der Waals surface area contributed by atoms with Crippen molar-refractivity contribution in [1.82, 2.24) is 9.97 Å². The molecule has 7 heteroatoms. The minimum Gasteiger partial charge on any atom is -0.422 e. The molecule has 0 aliphatic carbocycles. The van der Waals surface area contributed by atoms with Crippen molar-refractivity contribution in [2.75, 3.05) is 5.32 Å². The Labute approximate surface area is 174 Å². The fraction of sp³-hybridized carbons (Fsp3) is 0.391. The predicted octanol–water partition coefficient (Wildman–Crippen LogP) is 3.63. The van der Waals surface area contributed by atoms with Gasteiger partial charge in [-0.15, -0.1) is 0 Å². The van der Waals surface area contributed by atoms with E-state index >= 15 is 0 Å². The number of aliphatic hydroxyl groups is 1. The third kappa shape index (κ3) is 3.19. The first-order chi connectivity index (χ1) is 13.8. The van der Waals surface area contributed by atoms with Gasteiger partial charge in [-0.05, 0) is 40.7 Å². The molecule has 4 rings (SSSR count). The number of fused-ring (bicyclic) bond motifs is 2. The van der Waals surface area contributed by atoms with Crippen LogP contribution in [0.1, 0.15) is 58.2 Å². The Morgan fingerprint density at radius 2 is 1.60 bits per heavy atom. The number of hydrogen-bond acceptors (Lipinski definition) is 5. The van der Waals surface area contributed by atoms with E-state index in [9.17, 15) is 14.7 Å². The summed E-state index contributed by atoms with van der Waals surface area (Å²) in [5.74, 6) is -0.386. The average Bonchev–Trinajstić information content (AvgIpc) is 3.09. The lowest BCUT2D eigenvalue weighted by Gasteiger charge is -2.28. The van der Waals surface area contributed by atoms with E-state index in [-0.39, 0.29) is 16.5 Å². The first-order valence-electron chi connectivity index (χ1n) is 9.93. The lowest BCUT2D eigenvalue weighted by atomic mass is 9.78. The predicted molar refractivity (Wildman–Crippen MR) is 116 cm³/mol. The highest BCUT2D eigenvalue weighted by Gasteiger charge is 2.50. The number of carbonyl (C=O) groups is 1. The molecule has 0 fully saturated rings. The van der Waals surface area contributed by atoms with Crippen LogP contribution in [-0.2, 0) is 21.3 Å². The van der Waals surface area contributed by atoms with Gasteiger partial charge in [0.15, 0.2) is 0 Å². The Balaban J connectivity index is 1.87. The topological polar surface area (TPSA) is 107 Å². The maximum atomic E-state index is 12.9. The summed E-state index contributed by atoms with van der Waals surface area (Å²) in [4.78, 5) is 29.7. The molecule has 1 aromatic heterocycles. The Morgan fingerprint density at radius 3 is 2.23 bits per heavy atom. The molecule has 1 atom stereocenters. The van der Waals surface area contributed by atoms with Crippen molar-refractivity contribution in [3.8, 4) is 5.75 Å². The van der Waals surface area contributed by atoms with Gasteiger partial charge in [0.2, 0.25) is 0 Å². The summed E-state index contributed by atoms with van der Waals surface area (Å²) in [6, 6.07) is 8.93. The van der Waals surface area contributed by atoms with Gasteiger partial charge in [-0.2, -0.15) is 0 Å². The molecule has 0 bridgehead atoms. The average molecular weight is 409 g/mol. The van der Waals surface area contributed by atoms with Crippen LogP contribution in [0.15, 0.2) is 35.1 Å². The Bertz CT molecular complexity index is 1220. The number of anilines is 1. The van der Waals surface area contributed by atoms with Crippen LogP contribution in [0, 0.1) is 0 Å². The summed E-state index contributed by atoms with van der Waals surface area (Å²) in [7, 11) is 0. The number of benzene rings is 2. The highest BCUT2D eigenvalue weighted by Crippen LogP contribution is 2.47. The SMILES string of the molecule is CC(C)(C)c1cc(C(C)(C)C)c2c(c1)C(O)(Nc1ccc3[nH]c(=O)[nH]c3c1)C(=O)O2. The molecule has 2 heterocycles. The van der Waals surface area contributed by atoms with Crippen molar-refractivity contribution in [3.63, 3.8) is 0 Å². The quantitative estimate of drug-likeness (QED) is 0.294. The van der Waals surface area contributed by atoms with Crippen LogP contribution in [0.4, 0.5) is 5.69 Å². The Hall–Kier alpha value is -3.06. The van der Waals surface area contributed by atoms with E-state index in [1.165, 1.54) is 0 Å². The molecule has 158 valence electrons. The number of ether oxygens (including phenoxy) is 1. The molecule has 3 aromatic rings. The normalized spacial score (nSPS) is 19.1. The second kappa shape index (κ2) is 6.22. The second-order valence-electron chi connectivity index (χ2n) is 9.96. The molecule has 7 nitrogen and oxygen atoms in total. The van der Waals surface area contributed by atoms with Gasteiger partial charge in [0, 0.05) is 11.3 Å². The van der Waals surface area contributed by atoms with Gasteiger partial charge in [-0.3, -0.25) is 0 Å². The van der Waals surface area contributed by atoms with E-state index in [0.29, 0.717) is 28.0 Å². The lowest BCUT2D eigenvalue weighted by Crippen LogP contribution is -2.41. The lowest BCUT2D eigenvalue weighted by molar-refractivity contribution is -0.149. The molecule has 4 N–H and O–H groups in total. The van der Waals surface area contributed by atoms with Crippen molar-refractivity contribution in [2.45, 2.75) is 58.1 Å². The van der Waals surface area contributed by atoms with E-state index in [2.05, 4.69) is 42.1 Å². The molecule has 30 heavy (non-hydrogen) atoms. The van der Waals surface area contributed by atoms with Crippen molar-refractivity contribution < 1.29 is 14.6 Å². The van der Waals surface area contributed by atoms with Crippen molar-refractivity contribution in [2.24, 2.45) is 0 Å². The van der Waals surface area contributed by atoms with Crippen LogP contribution >= 0.6 is 0 Å². The molecule has 1 aliphatic rings. The zero-order chi connectivity index (χ0) is 22.1. The zero-order valence-electron chi connectivity index (χ0n) is 18.1. The standard InChI is InChI=1S/C23H27N3O4/c1-21(2,3)12-9-14(22(4,5)6)18-15(10-12)23(29,19(27)30-18)26-13-7-8-16-17(11-13)25-20(28)24-16/h7-11,26,29H,1-6H3,(H2,24,25,28). The minimum atomic E-state index is -2.04. The van der Waals surface area contributed by atoms with Crippen LogP contribution in [0.2, 0.25) is 0 Å². The van der Waals surface area contributed by atoms with Gasteiger partial charge in [0.1, 0.15) is 5.75 Å². The number of H-pyrrole nitrogens is 2. The number of imidazole rings is 1. The number of hydrogen-bond donors (Lipinski definition) is 4. The third-order valence-electron chi connectivity index (χ3n) is 5.48. The first kappa shape index (κ1) is 20.2. The molecule has 0 radical (unpaired) electrons. The summed E-state index contributed by atoms with van der Waals surface area (Å²) in [5, 5.41) is 14.4. The van der Waals surface area contributed by atoms with Crippen LogP contribution in [0.3, 0.4) is 0 Å². The maximum Gasteiger partial charge on any atom is 0.370 e. The van der Waals surface area contributed by atoms with Crippen LogP contribution in [-0.4, -0.2) is 21.0 Å². The van der Waals surface area contributed by atoms with E-state index in [1.807, 2.05) is 26.8 Å². The number of aromatic nitrogens is 2. The number of rotatable bonds is 2. The second-order valence-corrected chi connectivity index (χ2v) is 9.96. The van der Waals surface area contributed by atoms with Gasteiger partial charge in [0.05, 0.1) is 16.6 Å². The highest BCUT2D eigenvalue weighted by molar-refractivity contribution is 5.92. The molecule has 0 amide bonds. The van der Waals surface area contributed by atoms with Crippen molar-refractivity contribution >= 4 is 22.7 Å². The number of esters is 1. The molecular formula is C23H27N3O4. The van der Waals surface area contributed by atoms with Crippen LogP contribution in [0.5, 0.6) is 5.75 Å². The first-order valence-corrected chi connectivity index (χ1v) is 9.93. The summed E-state index contributed by atoms with van der Waals surface area (Å²) in [6.45, 7) is 12.4. The summed E-state index contributed by atoms with van der Waals surface area (Å²) < 4.78 is 5.60. The van der Waals surface area contributed by atoms with Gasteiger partial charge in [0.25, 0.3) is 5.72 Å². The van der Waals surface area contributed by atoms with Gasteiger partial charge >= 0.3 is 11.7 Å². The molecule has 2 aromatic carbocycles. The van der Waals surface area contributed by atoms with Crippen molar-refractivity contribution in [3.05, 3.63) is 57.5 Å². The monoisotopic (exact) mass is 409 g/mol. The number of nitrogens with one attached hydrogen (secondary N) is 3. The summed E-state index contributed by atoms with van der Waals surface area (Å²) in [6.07, 6.45) is 0. The zero-order valence-corrected chi connectivity index (χ0v) is 18.1. The molecule has 1 unspecified atom stereocenters. The third-order valence-corrected chi connectivity index (χ3v) is 5.48. The maximum absolute atomic E-state index is 12.9. The van der Waals surface area contributed by atoms with E-state index in [1.54, 1.807) is 18.2 Å². The Morgan fingerprint density at radius 1 is 0.933 bits per heavy atom. The molecule has 0 saturated carbocycles. The van der Waals surface area contributed by atoms with Gasteiger partial charge < -0.3 is 25.1 Å². The molecule has 0 spiro atoms. The van der Waals surface area contributed by atoms with E-state index < -0.39 is 11.7 Å². The minimum absolute atomic E-state index is 0.189. The smallest absolute Gasteiger partial charge is 0.370 e. The van der Waals surface area contributed by atoms with E-state index in [4.69, 9.17) is 4.74 Å². The molecule has 0 saturated heterocycles.